The average Bonchev–Trinajstić information content (AvgIpc) is 3.29. The zero-order valence-corrected chi connectivity index (χ0v) is 19.6. The topological polar surface area (TPSA) is 133 Å². The quantitative estimate of drug-likeness (QED) is 0.385. The number of para-hydroxylation sites is 1. The number of primary sulfonamides is 1. The predicted molar refractivity (Wildman–Crippen MR) is 127 cm³/mol. The summed E-state index contributed by atoms with van der Waals surface area (Å²) in [6.07, 6.45) is 1.76. The van der Waals surface area contributed by atoms with Gasteiger partial charge in [-0.2, -0.15) is 0 Å². The molecule has 1 aliphatic rings. The van der Waals surface area contributed by atoms with Gasteiger partial charge in [-0.05, 0) is 56.2 Å². The molecule has 11 heteroatoms. The van der Waals surface area contributed by atoms with Crippen molar-refractivity contribution in [2.45, 2.75) is 47.7 Å². The molecule has 0 spiro atoms. The zero-order valence-electron chi connectivity index (χ0n) is 17.9. The first-order valence-electron chi connectivity index (χ1n) is 10.4. The highest BCUT2D eigenvalue weighted by Crippen LogP contribution is 2.25. The highest BCUT2D eigenvalue weighted by molar-refractivity contribution is 8.00. The van der Waals surface area contributed by atoms with Gasteiger partial charge in [0.15, 0.2) is 5.16 Å². The molecule has 1 fully saturated rings. The smallest absolute Gasteiger partial charge is 0.262 e. The van der Waals surface area contributed by atoms with Gasteiger partial charge in [0.2, 0.25) is 15.9 Å². The molecule has 33 heavy (non-hydrogen) atoms. The average molecular weight is 489 g/mol. The number of aromatic nitrogens is 2. The van der Waals surface area contributed by atoms with Crippen LogP contribution in [-0.2, 0) is 26.1 Å². The van der Waals surface area contributed by atoms with Crippen LogP contribution in [0.4, 0.5) is 5.69 Å². The summed E-state index contributed by atoms with van der Waals surface area (Å²) < 4.78 is 30.1. The number of nitrogens with two attached hydrogens (primary N) is 1. The predicted octanol–water partition coefficient (Wildman–Crippen LogP) is 2.34. The van der Waals surface area contributed by atoms with Crippen LogP contribution < -0.4 is 16.0 Å². The molecule has 0 unspecified atom stereocenters. The van der Waals surface area contributed by atoms with Crippen LogP contribution in [0.1, 0.15) is 19.8 Å². The van der Waals surface area contributed by atoms with Crippen molar-refractivity contribution >= 4 is 44.3 Å². The second-order valence-electron chi connectivity index (χ2n) is 7.78. The molecule has 2 atom stereocenters. The van der Waals surface area contributed by atoms with Crippen molar-refractivity contribution in [3.8, 4) is 0 Å². The Bertz CT molecular complexity index is 1330. The number of ether oxygens (including phenoxy) is 1. The molecule has 4 rings (SSSR count). The maximum atomic E-state index is 13.2. The number of benzene rings is 2. The van der Waals surface area contributed by atoms with E-state index in [1.165, 1.54) is 36.0 Å². The van der Waals surface area contributed by atoms with Crippen molar-refractivity contribution in [1.29, 1.82) is 0 Å². The number of carbonyl (C=O) groups excluding carboxylic acids is 1. The SMILES string of the molecule is C[C@H](Sc1nc2ccccc2c(=O)n1C[C@@H]1CCCO1)C(=O)Nc1ccc(S(N)(=O)=O)cc1. The lowest BCUT2D eigenvalue weighted by molar-refractivity contribution is -0.115. The van der Waals surface area contributed by atoms with Gasteiger partial charge in [0.1, 0.15) is 0 Å². The van der Waals surface area contributed by atoms with Crippen LogP contribution in [0, 0.1) is 0 Å². The Morgan fingerprint density at radius 3 is 2.67 bits per heavy atom. The van der Waals surface area contributed by atoms with E-state index in [0.717, 1.165) is 12.8 Å². The lowest BCUT2D eigenvalue weighted by Crippen LogP contribution is -2.30. The van der Waals surface area contributed by atoms with Crippen LogP contribution in [0.2, 0.25) is 0 Å². The van der Waals surface area contributed by atoms with Gasteiger partial charge in [-0.15, -0.1) is 0 Å². The number of amides is 1. The molecule has 3 N–H and O–H groups in total. The minimum atomic E-state index is -3.81. The molecule has 0 saturated carbocycles. The van der Waals surface area contributed by atoms with E-state index in [-0.39, 0.29) is 22.5 Å². The maximum absolute atomic E-state index is 13.2. The number of thioether (sulfide) groups is 1. The fraction of sp³-hybridized carbons (Fsp3) is 0.318. The van der Waals surface area contributed by atoms with Crippen LogP contribution in [0.3, 0.4) is 0 Å². The van der Waals surface area contributed by atoms with Gasteiger partial charge in [-0.25, -0.2) is 18.5 Å². The molecular weight excluding hydrogens is 464 g/mol. The number of anilines is 1. The summed E-state index contributed by atoms with van der Waals surface area (Å²) in [5.41, 5.74) is 0.840. The zero-order chi connectivity index (χ0) is 23.6. The van der Waals surface area contributed by atoms with Gasteiger partial charge < -0.3 is 10.1 Å². The molecule has 1 aliphatic heterocycles. The van der Waals surface area contributed by atoms with E-state index in [2.05, 4.69) is 10.3 Å². The molecule has 9 nitrogen and oxygen atoms in total. The summed E-state index contributed by atoms with van der Waals surface area (Å²) in [5, 5.41) is 8.24. The van der Waals surface area contributed by atoms with Crippen molar-refractivity contribution in [1.82, 2.24) is 9.55 Å². The van der Waals surface area contributed by atoms with E-state index in [4.69, 9.17) is 9.88 Å². The van der Waals surface area contributed by atoms with Crippen molar-refractivity contribution < 1.29 is 17.9 Å². The van der Waals surface area contributed by atoms with Gasteiger partial charge in [0.05, 0.1) is 33.7 Å². The number of hydrogen-bond acceptors (Lipinski definition) is 7. The molecule has 0 bridgehead atoms. The number of carbonyl (C=O) groups is 1. The Morgan fingerprint density at radius 2 is 2.00 bits per heavy atom. The van der Waals surface area contributed by atoms with E-state index in [9.17, 15) is 18.0 Å². The van der Waals surface area contributed by atoms with E-state index < -0.39 is 15.3 Å². The molecule has 1 amide bonds. The van der Waals surface area contributed by atoms with Crippen molar-refractivity contribution in [2.24, 2.45) is 5.14 Å². The maximum Gasteiger partial charge on any atom is 0.262 e. The number of rotatable bonds is 7. The molecule has 2 heterocycles. The molecule has 1 aromatic heterocycles. The number of sulfonamides is 1. The summed E-state index contributed by atoms with van der Waals surface area (Å²) in [5.74, 6) is -0.311. The van der Waals surface area contributed by atoms with Crippen LogP contribution >= 0.6 is 11.8 Å². The lowest BCUT2D eigenvalue weighted by Gasteiger charge is -2.18. The second-order valence-corrected chi connectivity index (χ2v) is 10.7. The highest BCUT2D eigenvalue weighted by atomic mass is 32.2. The second kappa shape index (κ2) is 9.64. The van der Waals surface area contributed by atoms with E-state index in [1.807, 2.05) is 6.07 Å². The molecule has 0 radical (unpaired) electrons. The third-order valence-electron chi connectivity index (χ3n) is 5.34. The molecule has 3 aromatic rings. The number of nitrogens with zero attached hydrogens (tertiary/aromatic N) is 2. The Labute approximate surface area is 195 Å². The lowest BCUT2D eigenvalue weighted by atomic mass is 10.2. The molecule has 1 saturated heterocycles. The summed E-state index contributed by atoms with van der Waals surface area (Å²) in [4.78, 5) is 30.6. The Hall–Kier alpha value is -2.73. The van der Waals surface area contributed by atoms with Gasteiger partial charge in [-0.3, -0.25) is 14.2 Å². The van der Waals surface area contributed by atoms with Crippen molar-refractivity contribution in [3.05, 3.63) is 58.9 Å². The number of hydrogen-bond donors (Lipinski definition) is 2. The van der Waals surface area contributed by atoms with Crippen LogP contribution in [0.25, 0.3) is 10.9 Å². The van der Waals surface area contributed by atoms with Gasteiger partial charge in [0, 0.05) is 12.3 Å². The van der Waals surface area contributed by atoms with Gasteiger partial charge in [-0.1, -0.05) is 23.9 Å². The first-order chi connectivity index (χ1) is 15.7. The minimum Gasteiger partial charge on any atom is -0.376 e. The van der Waals surface area contributed by atoms with E-state index in [1.54, 1.807) is 29.7 Å². The van der Waals surface area contributed by atoms with Crippen LogP contribution in [-0.4, -0.2) is 41.8 Å². The third kappa shape index (κ3) is 5.44. The number of fused-ring (bicyclic) bond motifs is 1. The molecule has 2 aromatic carbocycles. The first-order valence-corrected chi connectivity index (χ1v) is 12.9. The third-order valence-corrected chi connectivity index (χ3v) is 7.36. The molecule has 0 aliphatic carbocycles. The summed E-state index contributed by atoms with van der Waals surface area (Å²) >= 11 is 1.19. The van der Waals surface area contributed by atoms with Crippen LogP contribution in [0.5, 0.6) is 0 Å². The Kier molecular flexibility index (Phi) is 6.84. The normalized spacial score (nSPS) is 17.2. The van der Waals surface area contributed by atoms with Crippen molar-refractivity contribution in [3.63, 3.8) is 0 Å². The standard InChI is InChI=1S/C22H24N4O5S2/c1-14(20(27)24-15-8-10-17(11-9-15)33(23,29)30)32-22-25-19-7-3-2-6-18(19)21(28)26(22)13-16-5-4-12-31-16/h2-3,6-11,14,16H,4-5,12-13H2,1H3,(H,24,27)(H2,23,29,30)/t14-,16-/m0/s1. The summed E-state index contributed by atoms with van der Waals surface area (Å²) in [6.45, 7) is 2.77. The van der Waals surface area contributed by atoms with Crippen molar-refractivity contribution in [2.75, 3.05) is 11.9 Å². The Morgan fingerprint density at radius 1 is 1.27 bits per heavy atom. The summed E-state index contributed by atoms with van der Waals surface area (Å²) in [7, 11) is -3.81. The monoisotopic (exact) mass is 488 g/mol. The summed E-state index contributed by atoms with van der Waals surface area (Å²) in [6, 6.07) is 12.7. The van der Waals surface area contributed by atoms with Crippen LogP contribution in [0.15, 0.2) is 63.4 Å². The first kappa shape index (κ1) is 23.4. The molecular formula is C22H24N4O5S2. The van der Waals surface area contributed by atoms with E-state index >= 15 is 0 Å². The fourth-order valence-electron chi connectivity index (χ4n) is 3.57. The van der Waals surface area contributed by atoms with E-state index in [0.29, 0.717) is 34.9 Å². The fourth-order valence-corrected chi connectivity index (χ4v) is 5.01. The molecule has 174 valence electrons. The highest BCUT2D eigenvalue weighted by Gasteiger charge is 2.23. The number of nitrogens with one attached hydrogen (secondary N) is 1. The minimum absolute atomic E-state index is 0.0403. The largest absolute Gasteiger partial charge is 0.376 e. The Balaban J connectivity index is 1.56. The van der Waals surface area contributed by atoms with Gasteiger partial charge in [0.25, 0.3) is 5.56 Å². The van der Waals surface area contributed by atoms with Gasteiger partial charge >= 0.3 is 0 Å².